The van der Waals surface area contributed by atoms with Crippen molar-refractivity contribution in [2.45, 2.75) is 26.2 Å². The highest BCUT2D eigenvalue weighted by atomic mass is 16.1. The SMILES string of the molecule is CN1CC(CNC(=O)c2ccc(C(C)(C)C)cc2)C1. The van der Waals surface area contributed by atoms with Crippen LogP contribution in [0.3, 0.4) is 0 Å². The third kappa shape index (κ3) is 3.57. The van der Waals surface area contributed by atoms with E-state index in [1.807, 2.05) is 24.3 Å². The van der Waals surface area contributed by atoms with Gasteiger partial charge in [0.1, 0.15) is 0 Å². The zero-order valence-electron chi connectivity index (χ0n) is 12.4. The van der Waals surface area contributed by atoms with E-state index in [0.29, 0.717) is 5.92 Å². The molecule has 1 aliphatic rings. The number of nitrogens with one attached hydrogen (secondary N) is 1. The van der Waals surface area contributed by atoms with Crippen molar-refractivity contribution in [3.8, 4) is 0 Å². The van der Waals surface area contributed by atoms with Gasteiger partial charge < -0.3 is 10.2 Å². The minimum Gasteiger partial charge on any atom is -0.352 e. The third-order valence-electron chi connectivity index (χ3n) is 3.70. The van der Waals surface area contributed by atoms with Crippen LogP contribution >= 0.6 is 0 Å². The molecule has 3 nitrogen and oxygen atoms in total. The van der Waals surface area contributed by atoms with E-state index in [1.54, 1.807) is 0 Å². The lowest BCUT2D eigenvalue weighted by Crippen LogP contribution is -2.49. The number of amides is 1. The molecule has 0 spiro atoms. The number of hydrogen-bond acceptors (Lipinski definition) is 2. The molecule has 1 amide bonds. The predicted molar refractivity (Wildman–Crippen MR) is 78.5 cm³/mol. The first-order valence-electron chi connectivity index (χ1n) is 6.93. The fraction of sp³-hybridized carbons (Fsp3) is 0.562. The number of nitrogens with zero attached hydrogens (tertiary/aromatic N) is 1. The van der Waals surface area contributed by atoms with Crippen LogP contribution in [0.4, 0.5) is 0 Å². The van der Waals surface area contributed by atoms with E-state index in [2.05, 4.69) is 38.0 Å². The zero-order chi connectivity index (χ0) is 14.0. The molecule has 1 saturated heterocycles. The topological polar surface area (TPSA) is 32.3 Å². The van der Waals surface area contributed by atoms with Gasteiger partial charge in [-0.15, -0.1) is 0 Å². The summed E-state index contributed by atoms with van der Waals surface area (Å²) in [6, 6.07) is 7.93. The quantitative estimate of drug-likeness (QED) is 0.904. The van der Waals surface area contributed by atoms with Crippen LogP contribution in [0, 0.1) is 5.92 Å². The molecular formula is C16H24N2O. The first kappa shape index (κ1) is 14.1. The van der Waals surface area contributed by atoms with Crippen molar-refractivity contribution in [2.24, 2.45) is 5.92 Å². The zero-order valence-corrected chi connectivity index (χ0v) is 12.4. The molecule has 3 heteroatoms. The fourth-order valence-corrected chi connectivity index (χ4v) is 2.42. The van der Waals surface area contributed by atoms with Gasteiger partial charge >= 0.3 is 0 Å². The summed E-state index contributed by atoms with van der Waals surface area (Å²) in [6.07, 6.45) is 0. The summed E-state index contributed by atoms with van der Waals surface area (Å²) in [5.74, 6) is 0.651. The summed E-state index contributed by atoms with van der Waals surface area (Å²) in [5.41, 5.74) is 2.14. The average molecular weight is 260 g/mol. The number of likely N-dealkylation sites (tertiary alicyclic amines) is 1. The molecule has 1 heterocycles. The van der Waals surface area contributed by atoms with Gasteiger partial charge in [0.25, 0.3) is 5.91 Å². The van der Waals surface area contributed by atoms with Gasteiger partial charge in [-0.3, -0.25) is 4.79 Å². The van der Waals surface area contributed by atoms with E-state index in [-0.39, 0.29) is 11.3 Å². The average Bonchev–Trinajstić information content (AvgIpc) is 2.32. The Bertz CT molecular complexity index is 439. The Morgan fingerprint density at radius 2 is 1.84 bits per heavy atom. The van der Waals surface area contributed by atoms with Gasteiger partial charge in [-0.2, -0.15) is 0 Å². The van der Waals surface area contributed by atoms with Crippen LogP contribution in [-0.2, 0) is 5.41 Å². The molecule has 2 rings (SSSR count). The van der Waals surface area contributed by atoms with E-state index in [9.17, 15) is 4.79 Å². The van der Waals surface area contributed by atoms with Crippen LogP contribution in [0.5, 0.6) is 0 Å². The second-order valence-corrected chi connectivity index (χ2v) is 6.62. The van der Waals surface area contributed by atoms with Crippen molar-refractivity contribution in [1.29, 1.82) is 0 Å². The molecule has 1 aliphatic heterocycles. The molecule has 19 heavy (non-hydrogen) atoms. The maximum absolute atomic E-state index is 12.0. The summed E-state index contributed by atoms with van der Waals surface area (Å²) in [7, 11) is 2.10. The molecule has 0 saturated carbocycles. The summed E-state index contributed by atoms with van der Waals surface area (Å²) >= 11 is 0. The second-order valence-electron chi connectivity index (χ2n) is 6.62. The maximum atomic E-state index is 12.0. The normalized spacial score (nSPS) is 17.1. The monoisotopic (exact) mass is 260 g/mol. The van der Waals surface area contributed by atoms with Crippen molar-refractivity contribution >= 4 is 5.91 Å². The van der Waals surface area contributed by atoms with Gasteiger partial charge in [-0.25, -0.2) is 0 Å². The highest BCUT2D eigenvalue weighted by molar-refractivity contribution is 5.94. The minimum atomic E-state index is 0.0370. The lowest BCUT2D eigenvalue weighted by Gasteiger charge is -2.36. The fourth-order valence-electron chi connectivity index (χ4n) is 2.42. The van der Waals surface area contributed by atoms with Crippen LogP contribution in [0.15, 0.2) is 24.3 Å². The van der Waals surface area contributed by atoms with E-state index >= 15 is 0 Å². The number of carbonyl (C=O) groups is 1. The molecule has 0 aliphatic carbocycles. The van der Waals surface area contributed by atoms with Gasteiger partial charge in [-0.1, -0.05) is 32.9 Å². The Balaban J connectivity index is 1.89. The first-order chi connectivity index (χ1) is 8.86. The molecule has 0 atom stereocenters. The van der Waals surface area contributed by atoms with E-state index in [0.717, 1.165) is 25.2 Å². The molecule has 1 N–H and O–H groups in total. The molecule has 0 radical (unpaired) electrons. The molecule has 1 fully saturated rings. The van der Waals surface area contributed by atoms with Crippen molar-refractivity contribution in [3.63, 3.8) is 0 Å². The molecule has 1 aromatic carbocycles. The summed E-state index contributed by atoms with van der Waals surface area (Å²) in [5, 5.41) is 3.01. The lowest BCUT2D eigenvalue weighted by molar-refractivity contribution is 0.0898. The number of carbonyl (C=O) groups excluding carboxylic acids is 1. The van der Waals surface area contributed by atoms with Gasteiger partial charge in [0, 0.05) is 31.1 Å². The Morgan fingerprint density at radius 3 is 2.32 bits per heavy atom. The Hall–Kier alpha value is -1.35. The maximum Gasteiger partial charge on any atom is 0.251 e. The van der Waals surface area contributed by atoms with Gasteiger partial charge in [0.05, 0.1) is 0 Å². The number of hydrogen-bond donors (Lipinski definition) is 1. The van der Waals surface area contributed by atoms with E-state index in [4.69, 9.17) is 0 Å². The lowest BCUT2D eigenvalue weighted by atomic mass is 9.86. The highest BCUT2D eigenvalue weighted by Crippen LogP contribution is 2.22. The molecule has 0 aromatic heterocycles. The standard InChI is InChI=1S/C16H24N2O/c1-16(2,3)14-7-5-13(6-8-14)15(19)17-9-12-10-18(4)11-12/h5-8,12H,9-11H2,1-4H3,(H,17,19). The summed E-state index contributed by atoms with van der Waals surface area (Å²) in [4.78, 5) is 14.3. The van der Waals surface area contributed by atoms with Crippen LogP contribution in [0.25, 0.3) is 0 Å². The number of benzene rings is 1. The van der Waals surface area contributed by atoms with Crippen molar-refractivity contribution in [1.82, 2.24) is 10.2 Å². The van der Waals surface area contributed by atoms with E-state index in [1.165, 1.54) is 5.56 Å². The Morgan fingerprint density at radius 1 is 1.26 bits per heavy atom. The van der Waals surface area contributed by atoms with E-state index < -0.39 is 0 Å². The molecule has 1 aromatic rings. The van der Waals surface area contributed by atoms with Gasteiger partial charge in [-0.05, 0) is 30.2 Å². The highest BCUT2D eigenvalue weighted by Gasteiger charge is 2.23. The Kier molecular flexibility index (Phi) is 3.95. The smallest absolute Gasteiger partial charge is 0.251 e. The van der Waals surface area contributed by atoms with Crippen molar-refractivity contribution < 1.29 is 4.79 Å². The van der Waals surface area contributed by atoms with Crippen LogP contribution in [-0.4, -0.2) is 37.5 Å². The second kappa shape index (κ2) is 5.33. The largest absolute Gasteiger partial charge is 0.352 e. The minimum absolute atomic E-state index is 0.0370. The first-order valence-corrected chi connectivity index (χ1v) is 6.93. The molecular weight excluding hydrogens is 236 g/mol. The summed E-state index contributed by atoms with van der Waals surface area (Å²) < 4.78 is 0. The third-order valence-corrected chi connectivity index (χ3v) is 3.70. The molecule has 104 valence electrons. The molecule has 0 unspecified atom stereocenters. The van der Waals surface area contributed by atoms with Crippen LogP contribution in [0.1, 0.15) is 36.7 Å². The predicted octanol–water partition coefficient (Wildman–Crippen LogP) is 2.28. The van der Waals surface area contributed by atoms with Gasteiger partial charge in [0.2, 0.25) is 0 Å². The van der Waals surface area contributed by atoms with Crippen LogP contribution in [0.2, 0.25) is 0 Å². The molecule has 0 bridgehead atoms. The number of rotatable bonds is 3. The van der Waals surface area contributed by atoms with Crippen molar-refractivity contribution in [3.05, 3.63) is 35.4 Å². The van der Waals surface area contributed by atoms with Gasteiger partial charge in [0.15, 0.2) is 0 Å². The van der Waals surface area contributed by atoms with Crippen LogP contribution < -0.4 is 5.32 Å². The van der Waals surface area contributed by atoms with Crippen molar-refractivity contribution in [2.75, 3.05) is 26.7 Å². The Labute approximate surface area is 116 Å². The summed E-state index contributed by atoms with van der Waals surface area (Å²) in [6.45, 7) is 9.48.